The van der Waals surface area contributed by atoms with Crippen LogP contribution in [0, 0.1) is 15.9 Å². The first-order valence-electron chi connectivity index (χ1n) is 5.61. The molecule has 104 valence electrons. The van der Waals surface area contributed by atoms with E-state index in [1.54, 1.807) is 24.3 Å². The number of nitrogens with two attached hydrogens (primary N) is 1. The maximum absolute atomic E-state index is 13.3. The lowest BCUT2D eigenvalue weighted by atomic mass is 10.2. The van der Waals surface area contributed by atoms with E-state index in [0.717, 1.165) is 17.7 Å². The number of nitro groups is 1. The topological polar surface area (TPSA) is 78.4 Å². The van der Waals surface area contributed by atoms with Gasteiger partial charge < -0.3 is 10.5 Å². The third-order valence-corrected chi connectivity index (χ3v) is 2.85. The fraction of sp³-hybridized carbons (Fsp3) is 0.0769. The van der Waals surface area contributed by atoms with Gasteiger partial charge in [-0.1, -0.05) is 23.7 Å². The number of ether oxygens (including phenoxy) is 1. The van der Waals surface area contributed by atoms with E-state index in [2.05, 4.69) is 0 Å². The molecule has 0 fully saturated rings. The van der Waals surface area contributed by atoms with E-state index in [-0.39, 0.29) is 10.8 Å². The predicted octanol–water partition coefficient (Wildman–Crippen LogP) is 3.64. The van der Waals surface area contributed by atoms with Gasteiger partial charge in [0.1, 0.15) is 11.6 Å². The highest BCUT2D eigenvalue weighted by molar-refractivity contribution is 6.31. The first kappa shape index (κ1) is 14.2. The first-order valence-corrected chi connectivity index (χ1v) is 5.99. The summed E-state index contributed by atoms with van der Waals surface area (Å²) in [5, 5.41) is 10.6. The molecule has 0 amide bonds. The van der Waals surface area contributed by atoms with Crippen LogP contribution in [0.15, 0.2) is 36.4 Å². The van der Waals surface area contributed by atoms with Gasteiger partial charge >= 0.3 is 5.69 Å². The van der Waals surface area contributed by atoms with Crippen LogP contribution < -0.4 is 10.5 Å². The van der Waals surface area contributed by atoms with Gasteiger partial charge in [0, 0.05) is 12.6 Å². The second kappa shape index (κ2) is 5.85. The Morgan fingerprint density at radius 1 is 1.35 bits per heavy atom. The Labute approximate surface area is 118 Å². The zero-order chi connectivity index (χ0) is 14.7. The molecule has 2 N–H and O–H groups in total. The first-order chi connectivity index (χ1) is 9.51. The van der Waals surface area contributed by atoms with E-state index < -0.39 is 16.4 Å². The minimum absolute atomic E-state index is 0.129. The molecule has 0 aliphatic heterocycles. The summed E-state index contributed by atoms with van der Waals surface area (Å²) < 4.78 is 18.7. The van der Waals surface area contributed by atoms with Crippen molar-refractivity contribution < 1.29 is 14.1 Å². The van der Waals surface area contributed by atoms with Crippen molar-refractivity contribution in [1.29, 1.82) is 0 Å². The highest BCUT2D eigenvalue weighted by atomic mass is 35.5. The van der Waals surface area contributed by atoms with Gasteiger partial charge in [0.25, 0.3) is 0 Å². The van der Waals surface area contributed by atoms with Crippen LogP contribution in [-0.2, 0) is 6.54 Å². The third-order valence-electron chi connectivity index (χ3n) is 2.56. The van der Waals surface area contributed by atoms with Crippen LogP contribution in [0.5, 0.6) is 11.5 Å². The summed E-state index contributed by atoms with van der Waals surface area (Å²) in [6, 6.07) is 8.54. The summed E-state index contributed by atoms with van der Waals surface area (Å²) in [5.41, 5.74) is 5.81. The van der Waals surface area contributed by atoms with Crippen molar-refractivity contribution in [2.45, 2.75) is 6.54 Å². The van der Waals surface area contributed by atoms with Crippen LogP contribution in [-0.4, -0.2) is 4.92 Å². The van der Waals surface area contributed by atoms with Crippen molar-refractivity contribution in [3.63, 3.8) is 0 Å². The van der Waals surface area contributed by atoms with Crippen molar-refractivity contribution in [2.75, 3.05) is 0 Å². The summed E-state index contributed by atoms with van der Waals surface area (Å²) in [5.74, 6) is -0.643. The average molecular weight is 297 g/mol. The monoisotopic (exact) mass is 296 g/mol. The number of nitro benzene ring substituents is 1. The molecular weight excluding hydrogens is 287 g/mol. The van der Waals surface area contributed by atoms with Gasteiger partial charge in [0.2, 0.25) is 5.75 Å². The third kappa shape index (κ3) is 3.04. The molecule has 2 rings (SSSR count). The number of rotatable bonds is 4. The lowest BCUT2D eigenvalue weighted by molar-refractivity contribution is -0.385. The van der Waals surface area contributed by atoms with Gasteiger partial charge in [-0.05, 0) is 17.7 Å². The fourth-order valence-electron chi connectivity index (χ4n) is 1.61. The Hall–Kier alpha value is -2.18. The lowest BCUT2D eigenvalue weighted by Crippen LogP contribution is -1.98. The van der Waals surface area contributed by atoms with Crippen LogP contribution in [0.25, 0.3) is 0 Å². The number of hydrogen-bond acceptors (Lipinski definition) is 4. The molecule has 7 heteroatoms. The van der Waals surface area contributed by atoms with E-state index >= 15 is 0 Å². The van der Waals surface area contributed by atoms with E-state index in [4.69, 9.17) is 22.1 Å². The second-order valence-electron chi connectivity index (χ2n) is 3.94. The largest absolute Gasteiger partial charge is 0.450 e. The quantitative estimate of drug-likeness (QED) is 0.690. The van der Waals surface area contributed by atoms with Crippen molar-refractivity contribution in [3.05, 3.63) is 62.9 Å². The van der Waals surface area contributed by atoms with Crippen molar-refractivity contribution in [2.24, 2.45) is 5.73 Å². The average Bonchev–Trinajstić information content (AvgIpc) is 2.42. The summed E-state index contributed by atoms with van der Waals surface area (Å²) in [6.07, 6.45) is 0. The molecule has 0 aromatic heterocycles. The zero-order valence-electron chi connectivity index (χ0n) is 10.2. The highest BCUT2D eigenvalue weighted by Gasteiger charge is 2.19. The van der Waals surface area contributed by atoms with Crippen molar-refractivity contribution in [1.82, 2.24) is 0 Å². The van der Waals surface area contributed by atoms with Gasteiger partial charge in [-0.15, -0.1) is 0 Å². The number of nitrogens with zero attached hydrogens (tertiary/aromatic N) is 1. The molecule has 0 spiro atoms. The Morgan fingerprint density at radius 3 is 2.75 bits per heavy atom. The maximum atomic E-state index is 13.3. The van der Waals surface area contributed by atoms with Crippen LogP contribution in [0.2, 0.25) is 5.02 Å². The predicted molar refractivity (Wildman–Crippen MR) is 72.5 cm³/mol. The van der Waals surface area contributed by atoms with Crippen LogP contribution in [0.1, 0.15) is 5.56 Å². The Balaban J connectivity index is 2.41. The van der Waals surface area contributed by atoms with Gasteiger partial charge in [-0.25, -0.2) is 4.39 Å². The van der Waals surface area contributed by atoms with E-state index in [1.807, 2.05) is 0 Å². The molecule has 0 radical (unpaired) electrons. The number of benzene rings is 2. The zero-order valence-corrected chi connectivity index (χ0v) is 10.9. The SMILES string of the molecule is NCc1cccc(Oc2cc(Cl)c(F)cc2[N+](=O)[O-])c1. The van der Waals surface area contributed by atoms with E-state index in [0.29, 0.717) is 12.3 Å². The number of halogens is 2. The minimum atomic E-state index is -0.874. The summed E-state index contributed by atoms with van der Waals surface area (Å²) >= 11 is 5.62. The highest BCUT2D eigenvalue weighted by Crippen LogP contribution is 2.35. The maximum Gasteiger partial charge on any atom is 0.314 e. The molecule has 0 atom stereocenters. The molecule has 0 unspecified atom stereocenters. The molecule has 2 aromatic rings. The van der Waals surface area contributed by atoms with Gasteiger partial charge in [0.15, 0.2) is 0 Å². The van der Waals surface area contributed by atoms with Gasteiger partial charge in [-0.2, -0.15) is 0 Å². The Morgan fingerprint density at radius 2 is 2.10 bits per heavy atom. The van der Waals surface area contributed by atoms with E-state index in [1.165, 1.54) is 0 Å². The van der Waals surface area contributed by atoms with Crippen molar-refractivity contribution >= 4 is 17.3 Å². The molecule has 0 aliphatic rings. The fourth-order valence-corrected chi connectivity index (χ4v) is 1.76. The van der Waals surface area contributed by atoms with E-state index in [9.17, 15) is 14.5 Å². The standard InChI is InChI=1S/C13H10ClFN2O3/c14-10-5-13(12(17(18)19)6-11(10)15)20-9-3-1-2-8(4-9)7-16/h1-6H,7,16H2. The van der Waals surface area contributed by atoms with Crippen LogP contribution in [0.3, 0.4) is 0 Å². The normalized spacial score (nSPS) is 10.3. The molecule has 2 aromatic carbocycles. The van der Waals surface area contributed by atoms with Crippen LogP contribution >= 0.6 is 11.6 Å². The lowest BCUT2D eigenvalue weighted by Gasteiger charge is -2.08. The Kier molecular flexibility index (Phi) is 4.16. The minimum Gasteiger partial charge on any atom is -0.450 e. The molecule has 0 saturated heterocycles. The summed E-state index contributed by atoms with van der Waals surface area (Å²) in [7, 11) is 0. The molecular formula is C13H10ClFN2O3. The second-order valence-corrected chi connectivity index (χ2v) is 4.35. The van der Waals surface area contributed by atoms with Gasteiger partial charge in [-0.3, -0.25) is 10.1 Å². The summed E-state index contributed by atoms with van der Waals surface area (Å²) in [6.45, 7) is 0.309. The molecule has 5 nitrogen and oxygen atoms in total. The summed E-state index contributed by atoms with van der Waals surface area (Å²) in [4.78, 5) is 10.2. The molecule has 0 heterocycles. The van der Waals surface area contributed by atoms with Crippen LogP contribution in [0.4, 0.5) is 10.1 Å². The Bertz CT molecular complexity index is 664. The van der Waals surface area contributed by atoms with Crippen molar-refractivity contribution in [3.8, 4) is 11.5 Å². The smallest absolute Gasteiger partial charge is 0.314 e. The molecule has 0 aliphatic carbocycles. The number of hydrogen-bond donors (Lipinski definition) is 1. The molecule has 20 heavy (non-hydrogen) atoms. The van der Waals surface area contributed by atoms with Gasteiger partial charge in [0.05, 0.1) is 16.0 Å². The molecule has 0 saturated carbocycles. The molecule has 0 bridgehead atoms.